The van der Waals surface area contributed by atoms with Crippen LogP contribution in [0.1, 0.15) is 43.7 Å². The third kappa shape index (κ3) is 4.13. The summed E-state index contributed by atoms with van der Waals surface area (Å²) in [5.41, 5.74) is 1.87. The molecule has 3 aromatic rings. The maximum Gasteiger partial charge on any atom is 0.350 e. The molecule has 1 N–H and O–H groups in total. The molecule has 2 aromatic carbocycles. The standard InChI is InChI=1S/C25H21N3O7S/c1-12-8-9-13(2)17(10-12)20(29)18-19(15-6-5-7-16(11-15)28(33)34)27(23(31)21(18)30)25-26-14(3)22(36-25)24(32)35-4/h5-11,19,29H,1-4H3/b20-18+. The van der Waals surface area contributed by atoms with Crippen molar-refractivity contribution in [1.82, 2.24) is 4.98 Å². The van der Waals surface area contributed by atoms with Crippen LogP contribution in [-0.4, -0.2) is 39.8 Å². The number of esters is 1. The Morgan fingerprint density at radius 2 is 1.89 bits per heavy atom. The maximum atomic E-state index is 13.3. The molecule has 1 aromatic heterocycles. The normalized spacial score (nSPS) is 16.9. The number of ether oxygens (including phenoxy) is 1. The number of carbonyl (C=O) groups excluding carboxylic acids is 3. The molecule has 184 valence electrons. The third-order valence-corrected chi connectivity index (χ3v) is 6.99. The Bertz CT molecular complexity index is 1470. The van der Waals surface area contributed by atoms with Gasteiger partial charge in [0.05, 0.1) is 29.3 Å². The van der Waals surface area contributed by atoms with E-state index < -0.39 is 34.4 Å². The van der Waals surface area contributed by atoms with Crippen LogP contribution in [0.25, 0.3) is 5.76 Å². The highest BCUT2D eigenvalue weighted by Gasteiger charge is 2.48. The molecule has 0 saturated carbocycles. The van der Waals surface area contributed by atoms with Gasteiger partial charge in [-0.3, -0.25) is 24.6 Å². The van der Waals surface area contributed by atoms with E-state index in [1.165, 1.54) is 31.4 Å². The molecule has 1 unspecified atom stereocenters. The molecule has 0 spiro atoms. The van der Waals surface area contributed by atoms with Gasteiger partial charge in [0.1, 0.15) is 10.6 Å². The second kappa shape index (κ2) is 9.34. The summed E-state index contributed by atoms with van der Waals surface area (Å²) in [6.07, 6.45) is 0. The Hall–Kier alpha value is -4.38. The van der Waals surface area contributed by atoms with Gasteiger partial charge in [0.15, 0.2) is 5.13 Å². The van der Waals surface area contributed by atoms with Crippen LogP contribution in [0.4, 0.5) is 10.8 Å². The molecule has 0 aliphatic carbocycles. The Kier molecular flexibility index (Phi) is 6.42. The summed E-state index contributed by atoms with van der Waals surface area (Å²) in [6, 6.07) is 9.55. The second-order valence-electron chi connectivity index (χ2n) is 8.24. The van der Waals surface area contributed by atoms with Crippen molar-refractivity contribution < 1.29 is 29.2 Å². The molecule has 0 bridgehead atoms. The highest BCUT2D eigenvalue weighted by molar-refractivity contribution is 7.17. The van der Waals surface area contributed by atoms with Gasteiger partial charge in [-0.15, -0.1) is 0 Å². The number of aliphatic hydroxyl groups excluding tert-OH is 1. The summed E-state index contributed by atoms with van der Waals surface area (Å²) in [4.78, 5) is 55.2. The lowest BCUT2D eigenvalue weighted by Crippen LogP contribution is -2.29. The van der Waals surface area contributed by atoms with Gasteiger partial charge < -0.3 is 9.84 Å². The Morgan fingerprint density at radius 1 is 1.17 bits per heavy atom. The fraction of sp³-hybridized carbons (Fsp3) is 0.200. The summed E-state index contributed by atoms with van der Waals surface area (Å²) in [5, 5.41) is 22.8. The van der Waals surface area contributed by atoms with Crippen molar-refractivity contribution in [1.29, 1.82) is 0 Å². The Balaban J connectivity index is 2.00. The molecular weight excluding hydrogens is 486 g/mol. The average molecular weight is 508 g/mol. The van der Waals surface area contributed by atoms with E-state index in [1.807, 2.05) is 13.0 Å². The maximum absolute atomic E-state index is 13.3. The highest BCUT2D eigenvalue weighted by atomic mass is 32.1. The average Bonchev–Trinajstić information content (AvgIpc) is 3.36. The first-order valence-corrected chi connectivity index (χ1v) is 11.6. The predicted molar refractivity (Wildman–Crippen MR) is 132 cm³/mol. The first-order chi connectivity index (χ1) is 17.0. The van der Waals surface area contributed by atoms with Crippen LogP contribution < -0.4 is 4.90 Å². The van der Waals surface area contributed by atoms with E-state index in [1.54, 1.807) is 26.0 Å². The molecule has 2 heterocycles. The first-order valence-electron chi connectivity index (χ1n) is 10.7. The van der Waals surface area contributed by atoms with Crippen LogP contribution in [0.2, 0.25) is 0 Å². The molecule has 1 aliphatic heterocycles. The van der Waals surface area contributed by atoms with Crippen LogP contribution in [0.3, 0.4) is 0 Å². The van der Waals surface area contributed by atoms with Gasteiger partial charge in [-0.25, -0.2) is 9.78 Å². The zero-order valence-electron chi connectivity index (χ0n) is 19.8. The smallest absolute Gasteiger partial charge is 0.350 e. The molecule has 1 fully saturated rings. The molecule has 36 heavy (non-hydrogen) atoms. The summed E-state index contributed by atoms with van der Waals surface area (Å²) >= 11 is 0.848. The van der Waals surface area contributed by atoms with Crippen LogP contribution in [0.5, 0.6) is 0 Å². The summed E-state index contributed by atoms with van der Waals surface area (Å²) < 4.78 is 4.77. The van der Waals surface area contributed by atoms with Crippen molar-refractivity contribution >= 4 is 45.6 Å². The van der Waals surface area contributed by atoms with E-state index in [-0.39, 0.29) is 32.5 Å². The summed E-state index contributed by atoms with van der Waals surface area (Å²) in [6.45, 7) is 5.13. The lowest BCUT2D eigenvalue weighted by atomic mass is 9.93. The molecule has 1 amide bonds. The van der Waals surface area contributed by atoms with Gasteiger partial charge in [-0.1, -0.05) is 41.2 Å². The number of hydrogen-bond acceptors (Lipinski definition) is 9. The van der Waals surface area contributed by atoms with Gasteiger partial charge in [0.2, 0.25) is 0 Å². The predicted octanol–water partition coefficient (Wildman–Crippen LogP) is 4.39. The number of Topliss-reactive ketones (excluding diaryl/α,β-unsaturated/α-hetero) is 1. The summed E-state index contributed by atoms with van der Waals surface area (Å²) in [7, 11) is 1.21. The van der Waals surface area contributed by atoms with E-state index in [0.29, 0.717) is 11.1 Å². The van der Waals surface area contributed by atoms with E-state index in [9.17, 15) is 29.6 Å². The fourth-order valence-corrected chi connectivity index (χ4v) is 5.07. The molecule has 0 radical (unpaired) electrons. The number of rotatable bonds is 5. The number of nitro groups is 1. The van der Waals surface area contributed by atoms with Crippen LogP contribution in [-0.2, 0) is 14.3 Å². The Labute approximate surface area is 209 Å². The largest absolute Gasteiger partial charge is 0.507 e. The number of methoxy groups -OCH3 is 1. The van der Waals surface area contributed by atoms with Gasteiger partial charge in [-0.2, -0.15) is 0 Å². The van der Waals surface area contributed by atoms with Crippen molar-refractivity contribution in [2.75, 3.05) is 12.0 Å². The van der Waals surface area contributed by atoms with E-state index in [4.69, 9.17) is 4.74 Å². The number of nitro benzene ring substituents is 1. The van der Waals surface area contributed by atoms with Gasteiger partial charge in [0.25, 0.3) is 11.5 Å². The van der Waals surface area contributed by atoms with Gasteiger partial charge >= 0.3 is 11.9 Å². The van der Waals surface area contributed by atoms with Gasteiger partial charge in [-0.05, 0) is 38.0 Å². The molecule has 1 saturated heterocycles. The van der Waals surface area contributed by atoms with E-state index in [0.717, 1.165) is 21.8 Å². The number of benzene rings is 2. The van der Waals surface area contributed by atoms with Crippen LogP contribution in [0, 0.1) is 30.9 Å². The first kappa shape index (κ1) is 24.7. The molecule has 1 atom stereocenters. The molecular formula is C25H21N3O7S. The Morgan fingerprint density at radius 3 is 2.56 bits per heavy atom. The number of ketones is 1. The summed E-state index contributed by atoms with van der Waals surface area (Å²) in [5.74, 6) is -3.02. The number of thiazole rings is 1. The number of aliphatic hydroxyl groups is 1. The lowest BCUT2D eigenvalue weighted by Gasteiger charge is -2.23. The zero-order valence-corrected chi connectivity index (χ0v) is 20.6. The number of hydrogen-bond donors (Lipinski definition) is 1. The molecule has 4 rings (SSSR count). The van der Waals surface area contributed by atoms with Crippen LogP contribution in [0.15, 0.2) is 48.0 Å². The minimum Gasteiger partial charge on any atom is -0.507 e. The van der Waals surface area contributed by atoms with E-state index in [2.05, 4.69) is 4.98 Å². The monoisotopic (exact) mass is 507 g/mol. The SMILES string of the molecule is COC(=O)c1sc(N2C(=O)C(=O)/C(=C(/O)c3cc(C)ccc3C)C2c2cccc([N+](=O)[O-])c2)nc1C. The van der Waals surface area contributed by atoms with Crippen molar-refractivity contribution in [3.05, 3.63) is 91.0 Å². The number of aryl methyl sites for hydroxylation is 3. The van der Waals surface area contributed by atoms with Crippen molar-refractivity contribution in [3.63, 3.8) is 0 Å². The number of amides is 1. The quantitative estimate of drug-likeness (QED) is 0.134. The number of non-ortho nitro benzene ring substituents is 1. The van der Waals surface area contributed by atoms with Crippen molar-refractivity contribution in [3.8, 4) is 0 Å². The van der Waals surface area contributed by atoms with Crippen molar-refractivity contribution in [2.24, 2.45) is 0 Å². The molecule has 10 nitrogen and oxygen atoms in total. The lowest BCUT2D eigenvalue weighted by molar-refractivity contribution is -0.384. The van der Waals surface area contributed by atoms with Crippen molar-refractivity contribution in [2.45, 2.75) is 26.8 Å². The second-order valence-corrected chi connectivity index (χ2v) is 9.22. The highest BCUT2D eigenvalue weighted by Crippen LogP contribution is 2.44. The number of carbonyl (C=O) groups is 3. The third-order valence-electron chi connectivity index (χ3n) is 5.85. The number of aromatic nitrogens is 1. The zero-order chi connectivity index (χ0) is 26.3. The van der Waals surface area contributed by atoms with Gasteiger partial charge in [0, 0.05) is 17.7 Å². The topological polar surface area (TPSA) is 140 Å². The minimum atomic E-state index is -1.22. The fourth-order valence-electron chi connectivity index (χ4n) is 4.06. The number of anilines is 1. The molecule has 1 aliphatic rings. The minimum absolute atomic E-state index is 0.0199. The van der Waals surface area contributed by atoms with E-state index >= 15 is 0 Å². The number of nitrogens with zero attached hydrogens (tertiary/aromatic N) is 3. The van der Waals surface area contributed by atoms with Crippen LogP contribution >= 0.6 is 11.3 Å². The molecule has 11 heteroatoms.